The van der Waals surface area contributed by atoms with Gasteiger partial charge in [-0.05, 0) is 12.1 Å². The van der Waals surface area contributed by atoms with Gasteiger partial charge in [0.15, 0.2) is 0 Å². The van der Waals surface area contributed by atoms with Crippen molar-refractivity contribution < 1.29 is 13.9 Å². The van der Waals surface area contributed by atoms with E-state index in [-0.39, 0.29) is 12.6 Å². The molecule has 1 fully saturated rings. The summed E-state index contributed by atoms with van der Waals surface area (Å²) in [5.74, 6) is 2.19. The summed E-state index contributed by atoms with van der Waals surface area (Å²) in [5.41, 5.74) is 0. The average molecular weight is 316 g/mol. The van der Waals surface area contributed by atoms with Crippen molar-refractivity contribution in [2.75, 3.05) is 31.1 Å². The highest BCUT2D eigenvalue weighted by Crippen LogP contribution is 2.15. The first-order valence-corrected chi connectivity index (χ1v) is 7.65. The first kappa shape index (κ1) is 15.5. The highest BCUT2D eigenvalue weighted by molar-refractivity contribution is 5.65. The molecule has 0 unspecified atom stereocenters. The van der Waals surface area contributed by atoms with Crippen molar-refractivity contribution in [3.8, 4) is 0 Å². The monoisotopic (exact) mass is 316 g/mol. The highest BCUT2D eigenvalue weighted by atomic mass is 16.5. The second-order valence-electron chi connectivity index (χ2n) is 5.48. The van der Waals surface area contributed by atoms with Gasteiger partial charge in [-0.1, -0.05) is 0 Å². The molecule has 3 heterocycles. The van der Waals surface area contributed by atoms with Crippen LogP contribution >= 0.6 is 0 Å². The summed E-state index contributed by atoms with van der Waals surface area (Å²) >= 11 is 0. The molecule has 0 aliphatic carbocycles. The molecule has 7 heteroatoms. The zero-order valence-corrected chi connectivity index (χ0v) is 13.1. The van der Waals surface area contributed by atoms with Gasteiger partial charge < -0.3 is 14.1 Å². The van der Waals surface area contributed by atoms with Crippen LogP contribution in [0.2, 0.25) is 0 Å². The summed E-state index contributed by atoms with van der Waals surface area (Å²) < 4.78 is 10.6. The molecule has 23 heavy (non-hydrogen) atoms. The largest absolute Gasteiger partial charge is 0.461 e. The fourth-order valence-electron chi connectivity index (χ4n) is 2.57. The van der Waals surface area contributed by atoms with Crippen molar-refractivity contribution in [2.45, 2.75) is 20.1 Å². The molecule has 0 bridgehead atoms. The molecule has 122 valence electrons. The van der Waals surface area contributed by atoms with Gasteiger partial charge in [-0.15, -0.1) is 0 Å². The Morgan fingerprint density at radius 3 is 2.70 bits per heavy atom. The van der Waals surface area contributed by atoms with Crippen molar-refractivity contribution in [1.29, 1.82) is 0 Å². The molecule has 0 atom stereocenters. The van der Waals surface area contributed by atoms with E-state index in [2.05, 4.69) is 19.8 Å². The third-order valence-corrected chi connectivity index (χ3v) is 3.76. The maximum atomic E-state index is 10.8. The number of rotatable bonds is 5. The topological polar surface area (TPSA) is 71.7 Å². The summed E-state index contributed by atoms with van der Waals surface area (Å²) in [6, 6.07) is 3.79. The fraction of sp³-hybridized carbons (Fsp3) is 0.438. The van der Waals surface area contributed by atoms with Gasteiger partial charge >= 0.3 is 5.97 Å². The lowest BCUT2D eigenvalue weighted by molar-refractivity contribution is -0.142. The second-order valence-corrected chi connectivity index (χ2v) is 5.48. The van der Waals surface area contributed by atoms with Gasteiger partial charge in [0, 0.05) is 45.5 Å². The molecule has 1 aliphatic rings. The number of carbonyl (C=O) groups is 1. The highest BCUT2D eigenvalue weighted by Gasteiger charge is 2.19. The lowest BCUT2D eigenvalue weighted by Gasteiger charge is -2.34. The SMILES string of the molecule is CC(=O)OCc1ccc(CN2CCN(c3cnccn3)CC2)o1. The lowest BCUT2D eigenvalue weighted by atomic mass is 10.3. The first-order valence-electron chi connectivity index (χ1n) is 7.65. The molecule has 0 N–H and O–H groups in total. The first-order chi connectivity index (χ1) is 11.2. The van der Waals surface area contributed by atoms with E-state index in [1.807, 2.05) is 12.1 Å². The molecule has 0 amide bonds. The van der Waals surface area contributed by atoms with Crippen LogP contribution in [0.25, 0.3) is 0 Å². The molecule has 2 aromatic heterocycles. The quantitative estimate of drug-likeness (QED) is 0.773. The molecule has 2 aromatic rings. The van der Waals surface area contributed by atoms with Crippen molar-refractivity contribution in [3.63, 3.8) is 0 Å². The van der Waals surface area contributed by atoms with E-state index in [4.69, 9.17) is 9.15 Å². The Kier molecular flexibility index (Phi) is 4.87. The van der Waals surface area contributed by atoms with Gasteiger partial charge in [-0.25, -0.2) is 4.98 Å². The minimum absolute atomic E-state index is 0.190. The number of nitrogens with zero attached hydrogens (tertiary/aromatic N) is 4. The predicted octanol–water partition coefficient (Wildman–Crippen LogP) is 1.45. The molecule has 0 saturated carbocycles. The standard InChI is InChI=1S/C16H20N4O3/c1-13(21)22-12-15-3-2-14(23-15)11-19-6-8-20(9-7-19)16-10-17-4-5-18-16/h2-5,10H,6-9,11-12H2,1H3. The minimum atomic E-state index is -0.303. The van der Waals surface area contributed by atoms with Crippen LogP contribution in [0.4, 0.5) is 5.82 Å². The van der Waals surface area contributed by atoms with Crippen molar-refractivity contribution in [3.05, 3.63) is 42.2 Å². The van der Waals surface area contributed by atoms with Crippen LogP contribution in [0.1, 0.15) is 18.4 Å². The van der Waals surface area contributed by atoms with Crippen molar-refractivity contribution in [1.82, 2.24) is 14.9 Å². The van der Waals surface area contributed by atoms with Gasteiger partial charge in [-0.2, -0.15) is 0 Å². The Morgan fingerprint density at radius 2 is 2.00 bits per heavy atom. The zero-order chi connectivity index (χ0) is 16.1. The van der Waals surface area contributed by atoms with Crippen LogP contribution in [0, 0.1) is 0 Å². The Balaban J connectivity index is 1.48. The Hall–Kier alpha value is -2.41. The molecular weight excluding hydrogens is 296 g/mol. The molecule has 0 radical (unpaired) electrons. The summed E-state index contributed by atoms with van der Waals surface area (Å²) in [6.07, 6.45) is 5.20. The molecule has 3 rings (SSSR count). The van der Waals surface area contributed by atoms with Gasteiger partial charge in [0.05, 0.1) is 12.7 Å². The number of hydrogen-bond donors (Lipinski definition) is 0. The summed E-state index contributed by atoms with van der Waals surface area (Å²) in [6.45, 7) is 6.05. The van der Waals surface area contributed by atoms with Crippen LogP contribution in [0.15, 0.2) is 35.1 Å². The van der Waals surface area contributed by atoms with Crippen molar-refractivity contribution >= 4 is 11.8 Å². The molecule has 7 nitrogen and oxygen atoms in total. The van der Waals surface area contributed by atoms with Crippen LogP contribution in [0.3, 0.4) is 0 Å². The maximum Gasteiger partial charge on any atom is 0.303 e. The van der Waals surface area contributed by atoms with Gasteiger partial charge in [0.2, 0.25) is 0 Å². The van der Waals surface area contributed by atoms with Crippen molar-refractivity contribution in [2.24, 2.45) is 0 Å². The van der Waals surface area contributed by atoms with Crippen LogP contribution in [0.5, 0.6) is 0 Å². The molecule has 1 saturated heterocycles. The third-order valence-electron chi connectivity index (χ3n) is 3.76. The van der Waals surface area contributed by atoms with Crippen LogP contribution < -0.4 is 4.90 Å². The molecule has 1 aliphatic heterocycles. The lowest BCUT2D eigenvalue weighted by Crippen LogP contribution is -2.46. The van der Waals surface area contributed by atoms with Gasteiger partial charge in [-0.3, -0.25) is 14.7 Å². The zero-order valence-electron chi connectivity index (χ0n) is 13.1. The predicted molar refractivity (Wildman–Crippen MR) is 83.7 cm³/mol. The number of ether oxygens (including phenoxy) is 1. The maximum absolute atomic E-state index is 10.8. The number of aromatic nitrogens is 2. The Morgan fingerprint density at radius 1 is 1.22 bits per heavy atom. The Bertz CT molecular complexity index is 636. The minimum Gasteiger partial charge on any atom is -0.461 e. The molecule has 0 spiro atoms. The number of piperazine rings is 1. The fourth-order valence-corrected chi connectivity index (χ4v) is 2.57. The van der Waals surface area contributed by atoms with E-state index < -0.39 is 0 Å². The second kappa shape index (κ2) is 7.23. The Labute approximate surface area is 134 Å². The summed E-state index contributed by atoms with van der Waals surface area (Å²) in [7, 11) is 0. The summed E-state index contributed by atoms with van der Waals surface area (Å²) in [4.78, 5) is 23.8. The van der Waals surface area contributed by atoms with E-state index in [0.717, 1.165) is 44.3 Å². The van der Waals surface area contributed by atoms with Gasteiger partial charge in [0.1, 0.15) is 23.9 Å². The average Bonchev–Trinajstić information content (AvgIpc) is 3.02. The van der Waals surface area contributed by atoms with E-state index in [1.165, 1.54) is 6.92 Å². The summed E-state index contributed by atoms with van der Waals surface area (Å²) in [5, 5.41) is 0. The van der Waals surface area contributed by atoms with Crippen LogP contribution in [-0.2, 0) is 22.7 Å². The number of esters is 1. The van der Waals surface area contributed by atoms with E-state index in [9.17, 15) is 4.79 Å². The third kappa shape index (κ3) is 4.29. The smallest absolute Gasteiger partial charge is 0.303 e. The van der Waals surface area contributed by atoms with E-state index in [1.54, 1.807) is 18.6 Å². The number of carbonyl (C=O) groups excluding carboxylic acids is 1. The van der Waals surface area contributed by atoms with Crippen LogP contribution in [-0.4, -0.2) is 47.0 Å². The van der Waals surface area contributed by atoms with E-state index in [0.29, 0.717) is 5.76 Å². The number of hydrogen-bond acceptors (Lipinski definition) is 7. The molecular formula is C16H20N4O3. The number of anilines is 1. The molecule has 0 aromatic carbocycles. The number of furan rings is 1. The van der Waals surface area contributed by atoms with Gasteiger partial charge in [0.25, 0.3) is 0 Å². The van der Waals surface area contributed by atoms with E-state index >= 15 is 0 Å². The normalized spacial score (nSPS) is 15.6.